The molecule has 0 unspecified atom stereocenters. The molecule has 0 nitrogen and oxygen atoms in total. The van der Waals surface area contributed by atoms with Crippen LogP contribution in [-0.4, -0.2) is 0 Å². The fourth-order valence-corrected chi connectivity index (χ4v) is 1.04. The molecule has 0 aromatic heterocycles. The molecule has 0 fully saturated rings. The zero-order chi connectivity index (χ0) is 10.3. The molecular formula is C11H16F2. The van der Waals surface area contributed by atoms with E-state index < -0.39 is 11.6 Å². The van der Waals surface area contributed by atoms with Crippen molar-refractivity contribution in [2.75, 3.05) is 0 Å². The molecule has 0 saturated heterocycles. The molecule has 0 bridgehead atoms. The third-order valence-corrected chi connectivity index (χ3v) is 1.46. The lowest BCUT2D eigenvalue weighted by molar-refractivity contribution is 0.579. The zero-order valence-electron chi connectivity index (χ0n) is 8.40. The van der Waals surface area contributed by atoms with Crippen LogP contribution in [0.1, 0.15) is 32.8 Å². The van der Waals surface area contributed by atoms with Crippen molar-refractivity contribution in [3.8, 4) is 0 Å². The molecule has 1 rings (SSSR count). The minimum Gasteiger partial charge on any atom is -0.207 e. The van der Waals surface area contributed by atoms with Crippen LogP contribution in [-0.2, 0) is 6.42 Å². The highest BCUT2D eigenvalue weighted by molar-refractivity contribution is 5.17. The molecule has 2 heteroatoms. The van der Waals surface area contributed by atoms with E-state index >= 15 is 0 Å². The second kappa shape index (κ2) is 6.58. The van der Waals surface area contributed by atoms with Gasteiger partial charge in [0.25, 0.3) is 0 Å². The summed E-state index contributed by atoms with van der Waals surface area (Å²) in [5.41, 5.74) is 0.727. The molecule has 0 radical (unpaired) electrons. The van der Waals surface area contributed by atoms with E-state index in [0.717, 1.165) is 24.5 Å². The first kappa shape index (κ1) is 12.1. The van der Waals surface area contributed by atoms with Crippen LogP contribution < -0.4 is 0 Å². The van der Waals surface area contributed by atoms with Crippen LogP contribution in [0.4, 0.5) is 8.78 Å². The van der Waals surface area contributed by atoms with Crippen molar-refractivity contribution < 1.29 is 8.78 Å². The highest BCUT2D eigenvalue weighted by Crippen LogP contribution is 2.09. The highest BCUT2D eigenvalue weighted by atomic mass is 19.1. The maximum absolute atomic E-state index is 12.5. The summed E-state index contributed by atoms with van der Waals surface area (Å²) >= 11 is 0. The first-order valence-corrected chi connectivity index (χ1v) is 4.67. The Balaban J connectivity index is 0.000000671. The van der Waals surface area contributed by atoms with Gasteiger partial charge in [0.15, 0.2) is 0 Å². The quantitative estimate of drug-likeness (QED) is 0.656. The summed E-state index contributed by atoms with van der Waals surface area (Å²) in [6.45, 7) is 5.98. The molecule has 13 heavy (non-hydrogen) atoms. The molecule has 0 heterocycles. The van der Waals surface area contributed by atoms with Crippen molar-refractivity contribution in [3.63, 3.8) is 0 Å². The van der Waals surface area contributed by atoms with Gasteiger partial charge in [-0.1, -0.05) is 27.2 Å². The van der Waals surface area contributed by atoms with Gasteiger partial charge in [0, 0.05) is 6.07 Å². The largest absolute Gasteiger partial charge is 0.207 e. The van der Waals surface area contributed by atoms with Crippen LogP contribution in [0.15, 0.2) is 18.2 Å². The average Bonchev–Trinajstić information content (AvgIpc) is 2.06. The number of rotatable bonds is 2. The molecule has 0 aliphatic heterocycles. The van der Waals surface area contributed by atoms with Crippen molar-refractivity contribution >= 4 is 0 Å². The summed E-state index contributed by atoms with van der Waals surface area (Å²) in [4.78, 5) is 0. The van der Waals surface area contributed by atoms with Gasteiger partial charge in [-0.2, -0.15) is 0 Å². The van der Waals surface area contributed by atoms with Crippen LogP contribution in [0, 0.1) is 11.6 Å². The van der Waals surface area contributed by atoms with Gasteiger partial charge in [0.05, 0.1) is 0 Å². The number of benzene rings is 1. The molecule has 1 aromatic carbocycles. The summed E-state index contributed by atoms with van der Waals surface area (Å²) in [6.07, 6.45) is 1.64. The molecule has 74 valence electrons. The highest BCUT2D eigenvalue weighted by Gasteiger charge is 1.98. The molecular weight excluding hydrogens is 170 g/mol. The number of hydrogen-bond acceptors (Lipinski definition) is 0. The maximum atomic E-state index is 12.5. The average molecular weight is 186 g/mol. The summed E-state index contributed by atoms with van der Waals surface area (Å²) in [5.74, 6) is -0.984. The van der Waals surface area contributed by atoms with Gasteiger partial charge in [-0.25, -0.2) is 8.78 Å². The molecule has 0 spiro atoms. The molecule has 0 atom stereocenters. The van der Waals surface area contributed by atoms with Crippen molar-refractivity contribution in [2.45, 2.75) is 33.6 Å². The summed E-state index contributed by atoms with van der Waals surface area (Å²) < 4.78 is 25.0. The van der Waals surface area contributed by atoms with E-state index in [1.165, 1.54) is 12.1 Å². The fourth-order valence-electron chi connectivity index (χ4n) is 1.04. The first-order chi connectivity index (χ1) is 6.22. The standard InChI is InChI=1S/C9H10F2.C2H6/c1-2-3-7-4-8(10)6-9(11)5-7;1-2/h4-6H,2-3H2,1H3;1-2H3. The Morgan fingerprint density at radius 2 is 1.46 bits per heavy atom. The van der Waals surface area contributed by atoms with Crippen LogP contribution in [0.3, 0.4) is 0 Å². The SMILES string of the molecule is CC.CCCc1cc(F)cc(F)c1. The van der Waals surface area contributed by atoms with Crippen molar-refractivity contribution in [3.05, 3.63) is 35.4 Å². The minimum absolute atomic E-state index is 0.492. The maximum Gasteiger partial charge on any atom is 0.126 e. The Morgan fingerprint density at radius 1 is 1.00 bits per heavy atom. The molecule has 0 amide bonds. The molecule has 0 saturated carbocycles. The second-order valence-electron chi connectivity index (χ2n) is 2.53. The van der Waals surface area contributed by atoms with E-state index in [0.29, 0.717) is 0 Å². The normalized spacial score (nSPS) is 9.00. The molecule has 1 aromatic rings. The van der Waals surface area contributed by atoms with Gasteiger partial charge in [-0.15, -0.1) is 0 Å². The predicted octanol–water partition coefficient (Wildman–Crippen LogP) is 3.94. The number of aryl methyl sites for hydroxylation is 1. The van der Waals surface area contributed by atoms with Crippen molar-refractivity contribution in [1.82, 2.24) is 0 Å². The third kappa shape index (κ3) is 4.61. The van der Waals surface area contributed by atoms with Gasteiger partial charge in [0.2, 0.25) is 0 Å². The lowest BCUT2D eigenvalue weighted by atomic mass is 10.1. The lowest BCUT2D eigenvalue weighted by Gasteiger charge is -1.98. The zero-order valence-corrected chi connectivity index (χ0v) is 8.40. The summed E-state index contributed by atoms with van der Waals surface area (Å²) in [7, 11) is 0. The minimum atomic E-state index is -0.492. The Bertz CT molecular complexity index is 224. The van der Waals surface area contributed by atoms with Gasteiger partial charge >= 0.3 is 0 Å². The van der Waals surface area contributed by atoms with Gasteiger partial charge in [0.1, 0.15) is 11.6 Å². The van der Waals surface area contributed by atoms with Crippen LogP contribution >= 0.6 is 0 Å². The van der Waals surface area contributed by atoms with E-state index in [2.05, 4.69) is 0 Å². The van der Waals surface area contributed by atoms with Gasteiger partial charge in [-0.05, 0) is 24.1 Å². The Morgan fingerprint density at radius 3 is 1.85 bits per heavy atom. The predicted molar refractivity (Wildman–Crippen MR) is 51.7 cm³/mol. The smallest absolute Gasteiger partial charge is 0.126 e. The number of halogens is 2. The molecule has 0 N–H and O–H groups in total. The van der Waals surface area contributed by atoms with Crippen molar-refractivity contribution in [1.29, 1.82) is 0 Å². The Kier molecular flexibility index (Phi) is 6.11. The van der Waals surface area contributed by atoms with Crippen LogP contribution in [0.2, 0.25) is 0 Å². The molecule has 0 aliphatic rings. The van der Waals surface area contributed by atoms with E-state index in [-0.39, 0.29) is 0 Å². The van der Waals surface area contributed by atoms with E-state index in [1.54, 1.807) is 0 Å². The van der Waals surface area contributed by atoms with Crippen molar-refractivity contribution in [2.24, 2.45) is 0 Å². The van der Waals surface area contributed by atoms with E-state index in [4.69, 9.17) is 0 Å². The number of hydrogen-bond donors (Lipinski definition) is 0. The first-order valence-electron chi connectivity index (χ1n) is 4.67. The van der Waals surface area contributed by atoms with Crippen LogP contribution in [0.25, 0.3) is 0 Å². The summed E-state index contributed by atoms with van der Waals surface area (Å²) in [6, 6.07) is 3.62. The van der Waals surface area contributed by atoms with E-state index in [1.807, 2.05) is 20.8 Å². The van der Waals surface area contributed by atoms with Gasteiger partial charge < -0.3 is 0 Å². The lowest BCUT2D eigenvalue weighted by Crippen LogP contribution is -1.87. The fraction of sp³-hybridized carbons (Fsp3) is 0.455. The second-order valence-corrected chi connectivity index (χ2v) is 2.53. The van der Waals surface area contributed by atoms with E-state index in [9.17, 15) is 8.78 Å². The topological polar surface area (TPSA) is 0 Å². The summed E-state index contributed by atoms with van der Waals surface area (Å²) in [5, 5.41) is 0. The van der Waals surface area contributed by atoms with Crippen LogP contribution in [0.5, 0.6) is 0 Å². The molecule has 0 aliphatic carbocycles. The monoisotopic (exact) mass is 186 g/mol. The third-order valence-electron chi connectivity index (χ3n) is 1.46. The van der Waals surface area contributed by atoms with Gasteiger partial charge in [-0.3, -0.25) is 0 Å². The Labute approximate surface area is 78.6 Å². The Hall–Kier alpha value is -0.920.